The average Bonchev–Trinajstić information content (AvgIpc) is 2.43. The highest BCUT2D eigenvalue weighted by Crippen LogP contribution is 2.22. The maximum atomic E-state index is 12.5. The Hall–Kier alpha value is -1.20. The summed E-state index contributed by atoms with van der Waals surface area (Å²) in [7, 11) is -3.47. The van der Waals surface area contributed by atoms with E-state index in [0.717, 1.165) is 18.4 Å². The van der Waals surface area contributed by atoms with Gasteiger partial charge in [-0.2, -0.15) is 4.31 Å². The van der Waals surface area contributed by atoms with E-state index >= 15 is 0 Å². The zero-order valence-electron chi connectivity index (χ0n) is 12.0. The Labute approximate surface area is 120 Å². The van der Waals surface area contributed by atoms with Crippen LogP contribution >= 0.6 is 0 Å². The van der Waals surface area contributed by atoms with Crippen LogP contribution in [0.15, 0.2) is 29.2 Å². The molecule has 1 aliphatic rings. The molecule has 0 bridgehead atoms. The Morgan fingerprint density at radius 1 is 1.25 bits per heavy atom. The van der Waals surface area contributed by atoms with Crippen LogP contribution in [0.5, 0.6) is 0 Å². The molecule has 110 valence electrons. The third kappa shape index (κ3) is 3.10. The zero-order chi connectivity index (χ0) is 14.8. The number of carbonyl (C=O) groups is 1. The Bertz CT molecular complexity index is 578. The summed E-state index contributed by atoms with van der Waals surface area (Å²) in [5, 5.41) is 0. The van der Waals surface area contributed by atoms with Gasteiger partial charge in [-0.1, -0.05) is 32.4 Å². The third-order valence-corrected chi connectivity index (χ3v) is 5.61. The van der Waals surface area contributed by atoms with Crippen molar-refractivity contribution in [3.05, 3.63) is 29.8 Å². The number of nitrogens with zero attached hydrogens (tertiary/aromatic N) is 1. The molecular weight excluding hydrogens is 274 g/mol. The third-order valence-electron chi connectivity index (χ3n) is 3.73. The van der Waals surface area contributed by atoms with Crippen LogP contribution in [0.1, 0.15) is 32.3 Å². The lowest BCUT2D eigenvalue weighted by atomic mass is 10.0. The van der Waals surface area contributed by atoms with Crippen molar-refractivity contribution < 1.29 is 13.2 Å². The first-order valence-corrected chi connectivity index (χ1v) is 8.51. The van der Waals surface area contributed by atoms with Gasteiger partial charge in [-0.25, -0.2) is 8.42 Å². The zero-order valence-corrected chi connectivity index (χ0v) is 12.8. The summed E-state index contributed by atoms with van der Waals surface area (Å²) in [5.74, 6) is -0.0624. The van der Waals surface area contributed by atoms with Crippen LogP contribution in [0.2, 0.25) is 0 Å². The van der Waals surface area contributed by atoms with Crippen LogP contribution in [-0.4, -0.2) is 31.6 Å². The van der Waals surface area contributed by atoms with Gasteiger partial charge in [0, 0.05) is 25.4 Å². The first-order valence-electron chi connectivity index (χ1n) is 7.07. The van der Waals surface area contributed by atoms with E-state index in [1.165, 1.54) is 4.31 Å². The van der Waals surface area contributed by atoms with Crippen LogP contribution in [0.25, 0.3) is 0 Å². The fraction of sp³-hybridized carbons (Fsp3) is 0.533. The van der Waals surface area contributed by atoms with Gasteiger partial charge in [0.25, 0.3) is 0 Å². The molecule has 20 heavy (non-hydrogen) atoms. The molecule has 0 N–H and O–H groups in total. The predicted molar refractivity (Wildman–Crippen MR) is 78.0 cm³/mol. The fourth-order valence-electron chi connectivity index (χ4n) is 2.46. The van der Waals surface area contributed by atoms with Crippen LogP contribution in [0.4, 0.5) is 0 Å². The quantitative estimate of drug-likeness (QED) is 0.856. The SMILES string of the molecule is CCCc1ccc(S(=O)(=O)N2CCC(=O)C(C)C2)cc1. The number of rotatable bonds is 4. The van der Waals surface area contributed by atoms with E-state index in [4.69, 9.17) is 0 Å². The highest BCUT2D eigenvalue weighted by atomic mass is 32.2. The summed E-state index contributed by atoms with van der Waals surface area (Å²) in [6, 6.07) is 7.08. The van der Waals surface area contributed by atoms with E-state index < -0.39 is 10.0 Å². The molecule has 1 atom stereocenters. The van der Waals surface area contributed by atoms with Gasteiger partial charge in [-0.05, 0) is 24.1 Å². The predicted octanol–water partition coefficient (Wildman–Crippen LogP) is 2.24. The van der Waals surface area contributed by atoms with Crippen LogP contribution in [0.3, 0.4) is 0 Å². The number of benzene rings is 1. The Kier molecular flexibility index (Phi) is 4.60. The van der Waals surface area contributed by atoms with Crippen LogP contribution in [-0.2, 0) is 21.2 Å². The molecule has 1 heterocycles. The molecule has 0 saturated carbocycles. The largest absolute Gasteiger partial charge is 0.299 e. The molecule has 0 amide bonds. The second kappa shape index (κ2) is 6.06. The number of hydrogen-bond donors (Lipinski definition) is 0. The van der Waals surface area contributed by atoms with E-state index in [0.29, 0.717) is 17.9 Å². The standard InChI is InChI=1S/C15H21NO3S/c1-3-4-13-5-7-14(8-6-13)20(18,19)16-10-9-15(17)12(2)11-16/h5-8,12H,3-4,9-11H2,1-2H3. The molecule has 1 aromatic carbocycles. The van der Waals surface area contributed by atoms with Crippen molar-refractivity contribution >= 4 is 15.8 Å². The Balaban J connectivity index is 2.19. The van der Waals surface area contributed by atoms with Gasteiger partial charge in [0.05, 0.1) is 4.90 Å². The molecule has 2 rings (SSSR count). The molecule has 1 fully saturated rings. The van der Waals surface area contributed by atoms with Gasteiger partial charge in [0.2, 0.25) is 10.0 Å². The normalized spacial score (nSPS) is 21.1. The minimum absolute atomic E-state index is 0.148. The number of hydrogen-bond acceptors (Lipinski definition) is 3. The molecule has 5 heteroatoms. The van der Waals surface area contributed by atoms with Gasteiger partial charge in [0.1, 0.15) is 5.78 Å². The molecule has 1 unspecified atom stereocenters. The first-order chi connectivity index (χ1) is 9.45. The smallest absolute Gasteiger partial charge is 0.243 e. The van der Waals surface area contributed by atoms with Gasteiger partial charge >= 0.3 is 0 Å². The number of aryl methyl sites for hydroxylation is 1. The van der Waals surface area contributed by atoms with E-state index in [9.17, 15) is 13.2 Å². The lowest BCUT2D eigenvalue weighted by Gasteiger charge is -2.29. The molecule has 0 aliphatic carbocycles. The molecule has 1 aliphatic heterocycles. The molecule has 4 nitrogen and oxygen atoms in total. The number of Topliss-reactive ketones (excluding diaryl/α,β-unsaturated/α-hetero) is 1. The summed E-state index contributed by atoms with van der Waals surface area (Å²) >= 11 is 0. The van der Waals surface area contributed by atoms with E-state index in [-0.39, 0.29) is 18.2 Å². The first kappa shape index (κ1) is 15.2. The fourth-order valence-corrected chi connectivity index (χ4v) is 3.99. The summed E-state index contributed by atoms with van der Waals surface area (Å²) in [5.41, 5.74) is 1.15. The minimum atomic E-state index is -3.47. The van der Waals surface area contributed by atoms with E-state index in [1.807, 2.05) is 12.1 Å². The molecule has 0 radical (unpaired) electrons. The van der Waals surface area contributed by atoms with Crippen molar-refractivity contribution in [1.82, 2.24) is 4.31 Å². The number of piperidine rings is 1. The lowest BCUT2D eigenvalue weighted by Crippen LogP contribution is -2.43. The van der Waals surface area contributed by atoms with Crippen LogP contribution < -0.4 is 0 Å². The van der Waals surface area contributed by atoms with E-state index in [1.54, 1.807) is 19.1 Å². The van der Waals surface area contributed by atoms with Gasteiger partial charge in [0.15, 0.2) is 0 Å². The highest BCUT2D eigenvalue weighted by Gasteiger charge is 2.32. The summed E-state index contributed by atoms with van der Waals surface area (Å²) in [4.78, 5) is 11.8. The van der Waals surface area contributed by atoms with E-state index in [2.05, 4.69) is 6.92 Å². The van der Waals surface area contributed by atoms with Crippen molar-refractivity contribution in [3.63, 3.8) is 0 Å². The molecule has 1 aromatic rings. The highest BCUT2D eigenvalue weighted by molar-refractivity contribution is 7.89. The second-order valence-corrected chi connectivity index (χ2v) is 7.31. The maximum Gasteiger partial charge on any atom is 0.243 e. The topological polar surface area (TPSA) is 54.5 Å². The van der Waals surface area contributed by atoms with Gasteiger partial charge < -0.3 is 0 Å². The van der Waals surface area contributed by atoms with Crippen molar-refractivity contribution in [1.29, 1.82) is 0 Å². The van der Waals surface area contributed by atoms with Crippen molar-refractivity contribution in [3.8, 4) is 0 Å². The maximum absolute atomic E-state index is 12.5. The minimum Gasteiger partial charge on any atom is -0.299 e. The van der Waals surface area contributed by atoms with Crippen molar-refractivity contribution in [2.45, 2.75) is 38.0 Å². The van der Waals surface area contributed by atoms with Gasteiger partial charge in [-0.3, -0.25) is 4.79 Å². The van der Waals surface area contributed by atoms with Gasteiger partial charge in [-0.15, -0.1) is 0 Å². The lowest BCUT2D eigenvalue weighted by molar-refractivity contribution is -0.124. The second-order valence-electron chi connectivity index (χ2n) is 5.37. The average molecular weight is 295 g/mol. The number of carbonyl (C=O) groups excluding carboxylic acids is 1. The Morgan fingerprint density at radius 3 is 2.45 bits per heavy atom. The summed E-state index contributed by atoms with van der Waals surface area (Å²) in [6.45, 7) is 4.46. The van der Waals surface area contributed by atoms with Crippen molar-refractivity contribution in [2.75, 3.05) is 13.1 Å². The molecule has 1 saturated heterocycles. The summed E-state index contributed by atoms with van der Waals surface area (Å²) in [6.07, 6.45) is 2.31. The number of ketones is 1. The molecule has 0 aromatic heterocycles. The monoisotopic (exact) mass is 295 g/mol. The van der Waals surface area contributed by atoms with Crippen LogP contribution in [0, 0.1) is 5.92 Å². The molecule has 0 spiro atoms. The Morgan fingerprint density at radius 2 is 1.90 bits per heavy atom. The number of sulfonamides is 1. The molecular formula is C15H21NO3S. The van der Waals surface area contributed by atoms with Crippen molar-refractivity contribution in [2.24, 2.45) is 5.92 Å². The summed E-state index contributed by atoms with van der Waals surface area (Å²) < 4.78 is 26.5.